The van der Waals surface area contributed by atoms with Crippen LogP contribution in [0.4, 0.5) is 0 Å². The predicted octanol–water partition coefficient (Wildman–Crippen LogP) is 8.80. The summed E-state index contributed by atoms with van der Waals surface area (Å²) in [7, 11) is 0. The molecule has 3 nitrogen and oxygen atoms in total. The van der Waals surface area contributed by atoms with Gasteiger partial charge in [-0.3, -0.25) is 0 Å². The molecule has 0 bridgehead atoms. The van der Waals surface area contributed by atoms with E-state index < -0.39 is 5.41 Å². The van der Waals surface area contributed by atoms with E-state index in [1.54, 1.807) is 6.26 Å². The lowest BCUT2D eigenvalue weighted by Crippen LogP contribution is -2.28. The zero-order valence-electron chi connectivity index (χ0n) is 23.5. The fourth-order valence-electron chi connectivity index (χ4n) is 6.36. The smallest absolute Gasteiger partial charge is 0.127 e. The third-order valence-corrected chi connectivity index (χ3v) is 8.02. The van der Waals surface area contributed by atoms with Crippen molar-refractivity contribution in [3.63, 3.8) is 0 Å². The third kappa shape index (κ3) is 4.53. The van der Waals surface area contributed by atoms with E-state index in [1.165, 1.54) is 39.6 Å². The number of fused-ring (bicyclic) bond motifs is 5. The number of hydrogen-bond donors (Lipinski definition) is 2. The molecule has 0 aliphatic heterocycles. The lowest BCUT2D eigenvalue weighted by molar-refractivity contribution is 0.201. The summed E-state index contributed by atoms with van der Waals surface area (Å²) in [5.41, 5.74) is 7.04. The van der Waals surface area contributed by atoms with Crippen LogP contribution in [0.1, 0.15) is 22.3 Å². The molecule has 1 N–H and O–H groups in total. The Labute approximate surface area is 252 Å². The van der Waals surface area contributed by atoms with Gasteiger partial charge in [-0.1, -0.05) is 91.5 Å². The van der Waals surface area contributed by atoms with Crippen LogP contribution in [-0.2, 0) is 5.41 Å². The Morgan fingerprint density at radius 3 is 1.67 bits per heavy atom. The average molecular weight is 569 g/mol. The monoisotopic (exact) mass is 568 g/mol. The average Bonchev–Trinajstić information content (AvgIpc) is 3.35. The van der Waals surface area contributed by atoms with Crippen LogP contribution in [0.3, 0.4) is 0 Å². The second-order valence-electron chi connectivity index (χ2n) is 10.1. The van der Waals surface area contributed by atoms with Gasteiger partial charge in [0.1, 0.15) is 18.1 Å². The lowest BCUT2D eigenvalue weighted by Gasteiger charge is -2.34. The van der Waals surface area contributed by atoms with Crippen LogP contribution < -0.4 is 9.47 Å². The highest BCUT2D eigenvalue weighted by molar-refractivity contribution is 7.79. The fraction of sp³-hybridized carbons (Fsp3) is 0.105. The van der Waals surface area contributed by atoms with Gasteiger partial charge in [0.2, 0.25) is 0 Å². The zero-order valence-corrected chi connectivity index (χ0v) is 24.4. The molecule has 0 fully saturated rings. The summed E-state index contributed by atoms with van der Waals surface area (Å²) in [6, 6.07) is 43.4. The molecule has 6 aromatic rings. The maximum Gasteiger partial charge on any atom is 0.127 e. The van der Waals surface area contributed by atoms with Crippen LogP contribution >= 0.6 is 12.6 Å². The summed E-state index contributed by atoms with van der Waals surface area (Å²) >= 11 is 3.53. The molecule has 0 aromatic heterocycles. The Morgan fingerprint density at radius 2 is 1.12 bits per heavy atom. The molecule has 0 atom stereocenters. The van der Waals surface area contributed by atoms with Crippen molar-refractivity contribution in [1.29, 1.82) is 0 Å². The van der Waals surface area contributed by atoms with E-state index in [9.17, 15) is 0 Å². The van der Waals surface area contributed by atoms with E-state index in [0.29, 0.717) is 0 Å². The second kappa shape index (κ2) is 11.8. The van der Waals surface area contributed by atoms with Gasteiger partial charge in [-0.05, 0) is 97.6 Å². The lowest BCUT2D eigenvalue weighted by atomic mass is 9.67. The van der Waals surface area contributed by atoms with E-state index in [4.69, 9.17) is 14.6 Å². The molecular formula is C38H32O3S. The number of hydrogen-bond acceptors (Lipinski definition) is 4. The van der Waals surface area contributed by atoms with Crippen molar-refractivity contribution < 1.29 is 14.6 Å². The normalized spacial score (nSPS) is 12.6. The largest absolute Gasteiger partial charge is 0.491 e. The Hall–Kier alpha value is -4.51. The quantitative estimate of drug-likeness (QED) is 0.149. The Balaban J connectivity index is 0.00000155. The molecule has 0 radical (unpaired) electrons. The molecule has 6 aromatic carbocycles. The number of aliphatic hydroxyl groups excluding tert-OH is 1. The minimum Gasteiger partial charge on any atom is -0.491 e. The molecule has 7 rings (SSSR count). The van der Waals surface area contributed by atoms with E-state index in [1.807, 2.05) is 18.2 Å². The molecule has 0 spiro atoms. The van der Waals surface area contributed by atoms with Crippen molar-refractivity contribution in [3.8, 4) is 22.6 Å². The molecule has 1 aliphatic rings. The maximum absolute atomic E-state index is 9.16. The van der Waals surface area contributed by atoms with Gasteiger partial charge in [-0.25, -0.2) is 0 Å². The summed E-state index contributed by atoms with van der Waals surface area (Å²) in [5.74, 6) is 1.54. The van der Waals surface area contributed by atoms with Gasteiger partial charge in [-0.15, -0.1) is 0 Å². The number of aliphatic hydroxyl groups is 1. The van der Waals surface area contributed by atoms with Crippen molar-refractivity contribution >= 4 is 34.2 Å². The third-order valence-electron chi connectivity index (χ3n) is 8.02. The van der Waals surface area contributed by atoms with Crippen LogP contribution in [0, 0.1) is 0 Å². The van der Waals surface area contributed by atoms with Crippen molar-refractivity contribution in [3.05, 3.63) is 156 Å². The SMILES string of the molecule is C=COc1ccc2cc(C3(c4ccc5cc(OCCO)ccc5c4)c4ccccc4-c4ccccc43)ccc2c1.CS. The van der Waals surface area contributed by atoms with Crippen LogP contribution in [0.2, 0.25) is 0 Å². The van der Waals surface area contributed by atoms with Crippen molar-refractivity contribution in [2.45, 2.75) is 5.41 Å². The molecule has 42 heavy (non-hydrogen) atoms. The highest BCUT2D eigenvalue weighted by Gasteiger charge is 2.46. The van der Waals surface area contributed by atoms with Gasteiger partial charge in [0.05, 0.1) is 18.3 Å². The van der Waals surface area contributed by atoms with Crippen molar-refractivity contribution in [2.24, 2.45) is 0 Å². The molecule has 0 unspecified atom stereocenters. The molecule has 0 amide bonds. The number of rotatable bonds is 7. The van der Waals surface area contributed by atoms with Crippen molar-refractivity contribution in [1.82, 2.24) is 0 Å². The first-order valence-electron chi connectivity index (χ1n) is 14.0. The van der Waals surface area contributed by atoms with Gasteiger partial charge in [-0.2, -0.15) is 12.6 Å². The van der Waals surface area contributed by atoms with Crippen LogP contribution in [0.5, 0.6) is 11.5 Å². The summed E-state index contributed by atoms with van der Waals surface area (Å²) < 4.78 is 11.2. The molecule has 0 saturated heterocycles. The summed E-state index contributed by atoms with van der Waals surface area (Å²) in [6.07, 6.45) is 3.15. The minimum atomic E-state index is -0.488. The van der Waals surface area contributed by atoms with Gasteiger partial charge < -0.3 is 14.6 Å². The van der Waals surface area contributed by atoms with Gasteiger partial charge >= 0.3 is 0 Å². The van der Waals surface area contributed by atoms with Gasteiger partial charge in [0.15, 0.2) is 0 Å². The number of ether oxygens (including phenoxy) is 2. The first-order chi connectivity index (χ1) is 20.7. The molecule has 1 aliphatic carbocycles. The molecule has 208 valence electrons. The molecule has 0 saturated carbocycles. The van der Waals surface area contributed by atoms with Crippen LogP contribution in [0.25, 0.3) is 32.7 Å². The molecule has 0 heterocycles. The molecular weight excluding hydrogens is 536 g/mol. The second-order valence-corrected chi connectivity index (χ2v) is 10.1. The minimum absolute atomic E-state index is 0.00728. The van der Waals surface area contributed by atoms with Crippen LogP contribution in [0.15, 0.2) is 134 Å². The van der Waals surface area contributed by atoms with E-state index >= 15 is 0 Å². The van der Waals surface area contributed by atoms with Gasteiger partial charge in [0, 0.05) is 0 Å². The highest BCUT2D eigenvalue weighted by atomic mass is 32.1. The Morgan fingerprint density at radius 1 is 0.643 bits per heavy atom. The Bertz CT molecular complexity index is 1860. The standard InChI is InChI=1S/C37H28O3.CH4S/c1-2-39-31-17-13-25-21-29(15-11-27(25)23-31)37(35-9-5-3-7-33(35)34-8-4-6-10-36(34)37)30-16-12-28-24-32(40-20-19-38)18-14-26(28)22-30;1-2/h2-18,21-24,38H,1,19-20H2;2H,1H3. The summed E-state index contributed by atoms with van der Waals surface area (Å²) in [6.45, 7) is 3.96. The Kier molecular flexibility index (Phi) is 7.75. The fourth-order valence-corrected chi connectivity index (χ4v) is 6.36. The molecule has 4 heteroatoms. The van der Waals surface area contributed by atoms with Crippen molar-refractivity contribution in [2.75, 3.05) is 19.5 Å². The van der Waals surface area contributed by atoms with E-state index in [0.717, 1.165) is 33.0 Å². The maximum atomic E-state index is 9.16. The first kappa shape index (κ1) is 27.6. The summed E-state index contributed by atoms with van der Waals surface area (Å²) in [5, 5.41) is 13.7. The zero-order chi connectivity index (χ0) is 29.1. The number of benzene rings is 6. The van der Waals surface area contributed by atoms with E-state index in [2.05, 4.69) is 122 Å². The van der Waals surface area contributed by atoms with Crippen LogP contribution in [-0.4, -0.2) is 24.6 Å². The van der Waals surface area contributed by atoms with E-state index in [-0.39, 0.29) is 13.2 Å². The predicted molar refractivity (Wildman–Crippen MR) is 177 cm³/mol. The first-order valence-corrected chi connectivity index (χ1v) is 14.9. The summed E-state index contributed by atoms with van der Waals surface area (Å²) in [4.78, 5) is 0. The topological polar surface area (TPSA) is 38.7 Å². The number of thiol groups is 1. The highest BCUT2D eigenvalue weighted by Crippen LogP contribution is 2.56. The van der Waals surface area contributed by atoms with Gasteiger partial charge in [0.25, 0.3) is 0 Å².